The van der Waals surface area contributed by atoms with E-state index in [9.17, 15) is 4.79 Å². The maximum Gasteiger partial charge on any atom is 0.255 e. The van der Waals surface area contributed by atoms with Crippen LogP contribution in [0.3, 0.4) is 0 Å². The summed E-state index contributed by atoms with van der Waals surface area (Å²) < 4.78 is 0. The van der Waals surface area contributed by atoms with Crippen molar-refractivity contribution in [3.05, 3.63) is 40.7 Å². The Kier molecular flexibility index (Phi) is 7.00. The molecule has 7 heteroatoms. The van der Waals surface area contributed by atoms with Gasteiger partial charge in [0.2, 0.25) is 0 Å². The van der Waals surface area contributed by atoms with Crippen LogP contribution < -0.4 is 4.90 Å². The molecule has 0 aliphatic carbocycles. The third-order valence-corrected chi connectivity index (χ3v) is 7.35. The van der Waals surface area contributed by atoms with Gasteiger partial charge in [-0.3, -0.25) is 14.7 Å². The topological polar surface area (TPSA) is 52.6 Å². The molecule has 4 heterocycles. The summed E-state index contributed by atoms with van der Waals surface area (Å²) in [4.78, 5) is 30.0. The Morgan fingerprint density at radius 2 is 1.90 bits per heavy atom. The summed E-state index contributed by atoms with van der Waals surface area (Å²) in [6, 6.07) is 4.05. The second-order valence-corrected chi connectivity index (χ2v) is 9.42. The minimum absolute atomic E-state index is 0.131. The third-order valence-electron chi connectivity index (χ3n) is 6.31. The van der Waals surface area contributed by atoms with Gasteiger partial charge >= 0.3 is 0 Å². The van der Waals surface area contributed by atoms with E-state index in [0.717, 1.165) is 81.5 Å². The molecule has 4 rings (SSSR count). The molecular weight excluding hydrogens is 394 g/mol. The van der Waals surface area contributed by atoms with Crippen LogP contribution in [0.2, 0.25) is 0 Å². The minimum Gasteiger partial charge on any atom is -0.349 e. The zero-order valence-corrected chi connectivity index (χ0v) is 19.0. The quantitative estimate of drug-likeness (QED) is 0.668. The number of hydrogen-bond donors (Lipinski definition) is 0. The van der Waals surface area contributed by atoms with Gasteiger partial charge in [-0.25, -0.2) is 4.98 Å². The highest BCUT2D eigenvalue weighted by molar-refractivity contribution is 7.15. The van der Waals surface area contributed by atoms with Crippen LogP contribution in [-0.2, 0) is 6.54 Å². The van der Waals surface area contributed by atoms with Gasteiger partial charge in [0.1, 0.15) is 0 Å². The summed E-state index contributed by atoms with van der Waals surface area (Å²) in [5, 5.41) is 1.13. The van der Waals surface area contributed by atoms with Crippen molar-refractivity contribution in [2.24, 2.45) is 0 Å². The molecule has 1 amide bonds. The van der Waals surface area contributed by atoms with Gasteiger partial charge < -0.3 is 9.80 Å². The minimum atomic E-state index is 0.131. The SMILES string of the molecule is CCN(CC)c1ncc(CN2CCC[C@H](c3ccc(C(=O)N4CCCC4)cn3)C2)s1. The largest absolute Gasteiger partial charge is 0.349 e. The van der Waals surface area contributed by atoms with Crippen molar-refractivity contribution < 1.29 is 4.79 Å². The number of piperidine rings is 1. The number of amides is 1. The second-order valence-electron chi connectivity index (χ2n) is 8.33. The van der Waals surface area contributed by atoms with E-state index < -0.39 is 0 Å². The average molecular weight is 428 g/mol. The van der Waals surface area contributed by atoms with Crippen LogP contribution in [-0.4, -0.2) is 64.9 Å². The van der Waals surface area contributed by atoms with Gasteiger partial charge in [-0.1, -0.05) is 0 Å². The Bertz CT molecular complexity index is 826. The highest BCUT2D eigenvalue weighted by Gasteiger charge is 2.24. The molecule has 2 aliphatic heterocycles. The Labute approximate surface area is 183 Å². The highest BCUT2D eigenvalue weighted by atomic mass is 32.1. The second kappa shape index (κ2) is 9.88. The fourth-order valence-corrected chi connectivity index (χ4v) is 5.63. The van der Waals surface area contributed by atoms with Crippen molar-refractivity contribution in [3.63, 3.8) is 0 Å². The lowest BCUT2D eigenvalue weighted by Gasteiger charge is -2.32. The molecule has 0 radical (unpaired) electrons. The smallest absolute Gasteiger partial charge is 0.255 e. The van der Waals surface area contributed by atoms with E-state index in [1.54, 1.807) is 6.20 Å². The van der Waals surface area contributed by atoms with E-state index >= 15 is 0 Å². The van der Waals surface area contributed by atoms with E-state index in [0.29, 0.717) is 5.92 Å². The van der Waals surface area contributed by atoms with Crippen LogP contribution in [0, 0.1) is 0 Å². The summed E-state index contributed by atoms with van der Waals surface area (Å²) in [6.07, 6.45) is 8.41. The molecule has 30 heavy (non-hydrogen) atoms. The summed E-state index contributed by atoms with van der Waals surface area (Å²) in [6.45, 7) is 11.2. The molecule has 162 valence electrons. The predicted molar refractivity (Wildman–Crippen MR) is 122 cm³/mol. The van der Waals surface area contributed by atoms with E-state index in [1.165, 1.54) is 11.3 Å². The first-order valence-electron chi connectivity index (χ1n) is 11.3. The number of pyridine rings is 1. The van der Waals surface area contributed by atoms with Gasteiger partial charge in [0.25, 0.3) is 5.91 Å². The van der Waals surface area contributed by atoms with Gasteiger partial charge in [-0.15, -0.1) is 11.3 Å². The number of thiazole rings is 1. The Morgan fingerprint density at radius 1 is 1.10 bits per heavy atom. The normalized spacial score (nSPS) is 19.9. The summed E-state index contributed by atoms with van der Waals surface area (Å²) in [7, 11) is 0. The van der Waals surface area contributed by atoms with E-state index in [-0.39, 0.29) is 5.91 Å². The summed E-state index contributed by atoms with van der Waals surface area (Å²) in [5.74, 6) is 0.566. The van der Waals surface area contributed by atoms with Crippen LogP contribution in [0.4, 0.5) is 5.13 Å². The number of hydrogen-bond acceptors (Lipinski definition) is 6. The number of carbonyl (C=O) groups is 1. The summed E-state index contributed by atoms with van der Waals surface area (Å²) in [5.41, 5.74) is 1.84. The lowest BCUT2D eigenvalue weighted by atomic mass is 9.94. The molecule has 2 fully saturated rings. The van der Waals surface area contributed by atoms with Crippen molar-refractivity contribution in [3.8, 4) is 0 Å². The van der Waals surface area contributed by atoms with Gasteiger partial charge in [-0.2, -0.15) is 0 Å². The molecule has 2 aliphatic rings. The molecule has 0 saturated carbocycles. The number of nitrogens with zero attached hydrogens (tertiary/aromatic N) is 5. The van der Waals surface area contributed by atoms with E-state index in [1.807, 2.05) is 28.5 Å². The van der Waals surface area contributed by atoms with Crippen molar-refractivity contribution >= 4 is 22.4 Å². The first kappa shape index (κ1) is 21.2. The van der Waals surface area contributed by atoms with Gasteiger partial charge in [0.15, 0.2) is 5.13 Å². The third kappa shape index (κ3) is 4.83. The highest BCUT2D eigenvalue weighted by Crippen LogP contribution is 2.29. The molecule has 0 unspecified atom stereocenters. The molecule has 6 nitrogen and oxygen atoms in total. The van der Waals surface area contributed by atoms with E-state index in [2.05, 4.69) is 34.7 Å². The van der Waals surface area contributed by atoms with Crippen molar-refractivity contribution in [1.82, 2.24) is 19.8 Å². The molecule has 2 aromatic rings. The van der Waals surface area contributed by atoms with Crippen LogP contribution in [0.5, 0.6) is 0 Å². The van der Waals surface area contributed by atoms with Crippen molar-refractivity contribution in [1.29, 1.82) is 0 Å². The molecular formula is C23H33N5OS. The van der Waals surface area contributed by atoms with Crippen LogP contribution in [0.15, 0.2) is 24.5 Å². The van der Waals surface area contributed by atoms with Crippen LogP contribution >= 0.6 is 11.3 Å². The molecule has 0 bridgehead atoms. The molecule has 0 spiro atoms. The monoisotopic (exact) mass is 427 g/mol. The number of rotatable bonds is 7. The van der Waals surface area contributed by atoms with Crippen molar-refractivity contribution in [2.45, 2.75) is 52.0 Å². The Hall–Kier alpha value is -1.99. The molecule has 1 atom stereocenters. The Morgan fingerprint density at radius 3 is 2.60 bits per heavy atom. The average Bonchev–Trinajstić information content (AvgIpc) is 3.47. The number of likely N-dealkylation sites (tertiary alicyclic amines) is 2. The van der Waals surface area contributed by atoms with Crippen LogP contribution in [0.1, 0.15) is 66.4 Å². The Balaban J connectivity index is 1.36. The molecule has 0 N–H and O–H groups in total. The predicted octanol–water partition coefficient (Wildman–Crippen LogP) is 4.00. The van der Waals surface area contributed by atoms with Crippen molar-refractivity contribution in [2.75, 3.05) is 44.2 Å². The van der Waals surface area contributed by atoms with E-state index in [4.69, 9.17) is 4.98 Å². The molecule has 0 aromatic carbocycles. The van der Waals surface area contributed by atoms with Gasteiger partial charge in [0.05, 0.1) is 5.56 Å². The first-order valence-corrected chi connectivity index (χ1v) is 12.2. The fraction of sp³-hybridized carbons (Fsp3) is 0.609. The molecule has 2 saturated heterocycles. The summed E-state index contributed by atoms with van der Waals surface area (Å²) >= 11 is 1.81. The maximum atomic E-state index is 12.6. The zero-order valence-electron chi connectivity index (χ0n) is 18.2. The lowest BCUT2D eigenvalue weighted by Crippen LogP contribution is -2.34. The van der Waals surface area contributed by atoms with Crippen LogP contribution in [0.25, 0.3) is 0 Å². The number of anilines is 1. The number of aromatic nitrogens is 2. The van der Waals surface area contributed by atoms with Gasteiger partial charge in [0, 0.05) is 68.2 Å². The fourth-order valence-electron chi connectivity index (χ4n) is 4.55. The van der Waals surface area contributed by atoms with Gasteiger partial charge in [-0.05, 0) is 58.2 Å². The standard InChI is InChI=1S/C23H33N5OS/c1-3-27(4-2)23-25-15-20(30-23)17-26-11-7-8-19(16-26)21-10-9-18(14-24-21)22(29)28-12-5-6-13-28/h9-10,14-15,19H,3-8,11-13,16-17H2,1-2H3/t19-/m0/s1. The number of carbonyl (C=O) groups excluding carboxylic acids is 1. The zero-order chi connectivity index (χ0) is 20.9. The molecule has 2 aromatic heterocycles. The lowest BCUT2D eigenvalue weighted by molar-refractivity contribution is 0.0792. The first-order chi connectivity index (χ1) is 14.7. The maximum absolute atomic E-state index is 12.6.